The van der Waals surface area contributed by atoms with E-state index >= 15 is 0 Å². The first-order chi connectivity index (χ1) is 12.0. The lowest BCUT2D eigenvalue weighted by Crippen LogP contribution is -2.40. The van der Waals surface area contributed by atoms with Gasteiger partial charge in [0, 0.05) is 5.69 Å². The zero-order chi connectivity index (χ0) is 17.8. The van der Waals surface area contributed by atoms with Crippen LogP contribution in [0.4, 0.5) is 5.69 Å². The molecule has 0 aromatic heterocycles. The predicted molar refractivity (Wildman–Crippen MR) is 91.9 cm³/mol. The van der Waals surface area contributed by atoms with Gasteiger partial charge in [-0.3, -0.25) is 9.59 Å². The fourth-order valence-corrected chi connectivity index (χ4v) is 2.54. The number of carboxylic acid groups (broad SMARTS) is 1. The number of carboxylic acids is 1. The van der Waals surface area contributed by atoms with E-state index in [1.54, 1.807) is 31.2 Å². The van der Waals surface area contributed by atoms with Crippen LogP contribution in [0.3, 0.4) is 0 Å². The lowest BCUT2D eigenvalue weighted by Gasteiger charge is -2.25. The molecule has 2 unspecified atom stereocenters. The Morgan fingerprint density at radius 2 is 1.84 bits per heavy atom. The second-order valence-electron chi connectivity index (χ2n) is 5.99. The van der Waals surface area contributed by atoms with Gasteiger partial charge in [0.05, 0.1) is 5.92 Å². The largest absolute Gasteiger partial charge is 0.485 e. The minimum Gasteiger partial charge on any atom is -0.485 e. The predicted octanol–water partition coefficient (Wildman–Crippen LogP) is 2.73. The Labute approximate surface area is 145 Å². The van der Waals surface area contributed by atoms with Crippen molar-refractivity contribution in [3.05, 3.63) is 54.1 Å². The van der Waals surface area contributed by atoms with Crippen LogP contribution in [0.5, 0.6) is 11.5 Å². The van der Waals surface area contributed by atoms with E-state index in [-0.39, 0.29) is 12.5 Å². The first-order valence-electron chi connectivity index (χ1n) is 8.04. The Hall–Kier alpha value is -3.02. The van der Waals surface area contributed by atoms with Gasteiger partial charge in [-0.25, -0.2) is 0 Å². The number of hydrogen-bond donors (Lipinski definition) is 2. The van der Waals surface area contributed by atoms with Crippen molar-refractivity contribution < 1.29 is 24.2 Å². The fraction of sp³-hybridized carbons (Fsp3) is 0.263. The van der Waals surface area contributed by atoms with Gasteiger partial charge >= 0.3 is 5.97 Å². The van der Waals surface area contributed by atoms with Gasteiger partial charge in [0.1, 0.15) is 6.61 Å². The molecule has 0 saturated heterocycles. The summed E-state index contributed by atoms with van der Waals surface area (Å²) in [6.07, 6.45) is -0.276. The number of carbonyl (C=O) groups excluding carboxylic acids is 1. The molecule has 0 bridgehead atoms. The van der Waals surface area contributed by atoms with E-state index in [4.69, 9.17) is 14.6 Å². The Bertz CT molecular complexity index is 772. The van der Waals surface area contributed by atoms with E-state index in [1.165, 1.54) is 0 Å². The van der Waals surface area contributed by atoms with Crippen LogP contribution in [-0.4, -0.2) is 29.7 Å². The van der Waals surface area contributed by atoms with Crippen molar-refractivity contribution in [1.29, 1.82) is 0 Å². The molecule has 2 aromatic rings. The lowest BCUT2D eigenvalue weighted by molar-refractivity contribution is -0.141. The zero-order valence-corrected chi connectivity index (χ0v) is 13.8. The van der Waals surface area contributed by atoms with Crippen LogP contribution in [0.25, 0.3) is 0 Å². The molecule has 130 valence electrons. The summed E-state index contributed by atoms with van der Waals surface area (Å²) in [6.45, 7) is 1.81. The minimum absolute atomic E-state index is 0.150. The molecule has 2 atom stereocenters. The van der Waals surface area contributed by atoms with E-state index in [2.05, 4.69) is 5.32 Å². The van der Waals surface area contributed by atoms with Crippen LogP contribution in [0.15, 0.2) is 48.5 Å². The van der Waals surface area contributed by atoms with Crippen molar-refractivity contribution in [1.82, 2.24) is 0 Å². The van der Waals surface area contributed by atoms with Crippen molar-refractivity contribution in [3.8, 4) is 11.5 Å². The molecule has 2 N–H and O–H groups in total. The first-order valence-corrected chi connectivity index (χ1v) is 8.04. The standard InChI is InChI=1S/C19H19NO5/c1-12(19(22)23)10-13-6-8-14(9-7-13)20-18(21)17-11-24-15-4-2-3-5-16(15)25-17/h2-9,12,17H,10-11H2,1H3,(H,20,21)(H,22,23). The Kier molecular flexibility index (Phi) is 4.88. The van der Waals surface area contributed by atoms with Crippen molar-refractivity contribution >= 4 is 17.6 Å². The number of anilines is 1. The zero-order valence-electron chi connectivity index (χ0n) is 13.8. The SMILES string of the molecule is CC(Cc1ccc(NC(=O)C2COc3ccccc3O2)cc1)C(=O)O. The third-order valence-corrected chi connectivity index (χ3v) is 3.99. The third-order valence-electron chi connectivity index (χ3n) is 3.99. The normalized spacial score (nSPS) is 16.8. The topological polar surface area (TPSA) is 84.9 Å². The van der Waals surface area contributed by atoms with Crippen LogP contribution in [0.1, 0.15) is 12.5 Å². The lowest BCUT2D eigenvalue weighted by atomic mass is 10.0. The number of rotatable bonds is 5. The molecule has 3 rings (SSSR count). The summed E-state index contributed by atoms with van der Waals surface area (Å²) in [6, 6.07) is 14.3. The molecular weight excluding hydrogens is 322 g/mol. The number of para-hydroxylation sites is 2. The Balaban J connectivity index is 1.59. The first kappa shape index (κ1) is 16.8. The number of benzene rings is 2. The summed E-state index contributed by atoms with van der Waals surface area (Å²) in [5.74, 6) is -0.392. The fourth-order valence-electron chi connectivity index (χ4n) is 2.54. The number of nitrogens with one attached hydrogen (secondary N) is 1. The molecule has 0 aliphatic carbocycles. The highest BCUT2D eigenvalue weighted by Crippen LogP contribution is 2.31. The van der Waals surface area contributed by atoms with Gasteiger partial charge in [-0.15, -0.1) is 0 Å². The van der Waals surface area contributed by atoms with Gasteiger partial charge in [-0.05, 0) is 36.2 Å². The highest BCUT2D eigenvalue weighted by Gasteiger charge is 2.27. The molecule has 0 spiro atoms. The van der Waals surface area contributed by atoms with Crippen LogP contribution >= 0.6 is 0 Å². The van der Waals surface area contributed by atoms with Gasteiger partial charge in [0.25, 0.3) is 5.91 Å². The summed E-state index contributed by atoms with van der Waals surface area (Å²) < 4.78 is 11.2. The summed E-state index contributed by atoms with van der Waals surface area (Å²) in [4.78, 5) is 23.2. The van der Waals surface area contributed by atoms with Crippen LogP contribution in [0.2, 0.25) is 0 Å². The second kappa shape index (κ2) is 7.25. The molecule has 0 radical (unpaired) electrons. The summed E-state index contributed by atoms with van der Waals surface area (Å²) in [7, 11) is 0. The molecule has 1 aliphatic rings. The molecule has 0 fully saturated rings. The number of carbonyl (C=O) groups is 2. The van der Waals surface area contributed by atoms with Gasteiger partial charge < -0.3 is 19.9 Å². The summed E-state index contributed by atoms with van der Waals surface area (Å²) >= 11 is 0. The summed E-state index contributed by atoms with van der Waals surface area (Å²) in [5.41, 5.74) is 1.53. The van der Waals surface area contributed by atoms with Crippen molar-refractivity contribution in [2.45, 2.75) is 19.4 Å². The number of amides is 1. The van der Waals surface area contributed by atoms with Gasteiger partial charge in [0.2, 0.25) is 6.10 Å². The van der Waals surface area contributed by atoms with E-state index in [0.29, 0.717) is 23.6 Å². The van der Waals surface area contributed by atoms with E-state index < -0.39 is 18.0 Å². The highest BCUT2D eigenvalue weighted by molar-refractivity contribution is 5.94. The smallest absolute Gasteiger partial charge is 0.306 e. The van der Waals surface area contributed by atoms with Crippen LogP contribution in [-0.2, 0) is 16.0 Å². The third kappa shape index (κ3) is 4.09. The van der Waals surface area contributed by atoms with Crippen molar-refractivity contribution in [2.24, 2.45) is 5.92 Å². The van der Waals surface area contributed by atoms with Crippen LogP contribution in [0, 0.1) is 5.92 Å². The number of fused-ring (bicyclic) bond motifs is 1. The van der Waals surface area contributed by atoms with Gasteiger partial charge in [-0.2, -0.15) is 0 Å². The maximum atomic E-state index is 12.3. The molecule has 1 aliphatic heterocycles. The Morgan fingerprint density at radius 3 is 2.52 bits per heavy atom. The van der Waals surface area contributed by atoms with E-state index in [0.717, 1.165) is 5.56 Å². The average molecular weight is 341 g/mol. The quantitative estimate of drug-likeness (QED) is 0.873. The van der Waals surface area contributed by atoms with Crippen molar-refractivity contribution in [3.63, 3.8) is 0 Å². The maximum absolute atomic E-state index is 12.3. The highest BCUT2D eigenvalue weighted by atomic mass is 16.6. The van der Waals surface area contributed by atoms with Gasteiger partial charge in [0.15, 0.2) is 11.5 Å². The van der Waals surface area contributed by atoms with Gasteiger partial charge in [-0.1, -0.05) is 31.2 Å². The summed E-state index contributed by atoms with van der Waals surface area (Å²) in [5, 5.41) is 11.7. The molecular formula is C19H19NO5. The molecule has 1 amide bonds. The molecule has 6 heteroatoms. The van der Waals surface area contributed by atoms with E-state index in [9.17, 15) is 9.59 Å². The second-order valence-corrected chi connectivity index (χ2v) is 5.99. The number of ether oxygens (including phenoxy) is 2. The molecule has 0 saturated carbocycles. The van der Waals surface area contributed by atoms with Crippen LogP contribution < -0.4 is 14.8 Å². The monoisotopic (exact) mass is 341 g/mol. The van der Waals surface area contributed by atoms with E-state index in [1.807, 2.05) is 24.3 Å². The Morgan fingerprint density at radius 1 is 1.16 bits per heavy atom. The number of aliphatic carboxylic acids is 1. The molecule has 6 nitrogen and oxygen atoms in total. The number of hydrogen-bond acceptors (Lipinski definition) is 4. The average Bonchev–Trinajstić information content (AvgIpc) is 2.62. The molecule has 1 heterocycles. The minimum atomic E-state index is -0.827. The molecule has 25 heavy (non-hydrogen) atoms. The molecule has 2 aromatic carbocycles. The van der Waals surface area contributed by atoms with Crippen molar-refractivity contribution in [2.75, 3.05) is 11.9 Å². The maximum Gasteiger partial charge on any atom is 0.306 e.